The summed E-state index contributed by atoms with van der Waals surface area (Å²) in [5, 5.41) is 8.37. The molecule has 0 rings (SSSR count). The third-order valence-electron chi connectivity index (χ3n) is 1.64. The summed E-state index contributed by atoms with van der Waals surface area (Å²) in [6, 6.07) is 0. The second-order valence-electron chi connectivity index (χ2n) is 2.84. The fourth-order valence-electron chi connectivity index (χ4n) is 0.985. The Hall–Kier alpha value is 0.170. The predicted molar refractivity (Wildman–Crippen MR) is 61.3 cm³/mol. The summed E-state index contributed by atoms with van der Waals surface area (Å²) in [7, 11) is 0. The topological polar surface area (TPSA) is 37.3 Å². The first-order valence-corrected chi connectivity index (χ1v) is 5.94. The molecular formula is C9H14Br2O2. The van der Waals surface area contributed by atoms with E-state index in [1.165, 1.54) is 0 Å². The maximum Gasteiger partial charge on any atom is 0.303 e. The lowest BCUT2D eigenvalue weighted by Gasteiger charge is -1.96. The van der Waals surface area contributed by atoms with Gasteiger partial charge >= 0.3 is 5.97 Å². The van der Waals surface area contributed by atoms with Crippen LogP contribution in [0.25, 0.3) is 0 Å². The highest BCUT2D eigenvalue weighted by molar-refractivity contribution is 9.28. The molecule has 0 saturated carbocycles. The first-order chi connectivity index (χ1) is 6.13. The Morgan fingerprint density at radius 3 is 2.31 bits per heavy atom. The van der Waals surface area contributed by atoms with Crippen molar-refractivity contribution in [1.29, 1.82) is 0 Å². The van der Waals surface area contributed by atoms with Crippen molar-refractivity contribution >= 4 is 37.8 Å². The summed E-state index contributed by atoms with van der Waals surface area (Å²) >= 11 is 6.55. The van der Waals surface area contributed by atoms with Crippen LogP contribution in [0.3, 0.4) is 0 Å². The predicted octanol–water partition coefficient (Wildman–Crippen LogP) is 4.04. The summed E-state index contributed by atoms with van der Waals surface area (Å²) in [4.78, 5) is 10.2. The molecule has 0 aromatic heterocycles. The van der Waals surface area contributed by atoms with Gasteiger partial charge in [-0.3, -0.25) is 4.79 Å². The number of carbonyl (C=O) groups is 1. The molecule has 0 aliphatic carbocycles. The molecule has 0 unspecified atom stereocenters. The second kappa shape index (κ2) is 8.75. The van der Waals surface area contributed by atoms with Crippen molar-refractivity contribution in [2.24, 2.45) is 0 Å². The molecule has 0 saturated heterocycles. The third-order valence-corrected chi connectivity index (χ3v) is 2.29. The van der Waals surface area contributed by atoms with Crippen LogP contribution in [-0.2, 0) is 4.79 Å². The van der Waals surface area contributed by atoms with Crippen LogP contribution in [0.2, 0.25) is 0 Å². The maximum atomic E-state index is 10.2. The van der Waals surface area contributed by atoms with E-state index < -0.39 is 5.97 Å². The van der Waals surface area contributed by atoms with Gasteiger partial charge in [0.1, 0.15) is 0 Å². The number of carboxylic acid groups (broad SMARTS) is 1. The van der Waals surface area contributed by atoms with E-state index in [0.29, 0.717) is 6.42 Å². The summed E-state index contributed by atoms with van der Waals surface area (Å²) in [6.07, 6.45) is 7.46. The zero-order valence-corrected chi connectivity index (χ0v) is 10.6. The van der Waals surface area contributed by atoms with Gasteiger partial charge in [-0.2, -0.15) is 0 Å². The molecule has 0 aromatic rings. The monoisotopic (exact) mass is 312 g/mol. The van der Waals surface area contributed by atoms with Crippen molar-refractivity contribution in [2.75, 3.05) is 0 Å². The molecular weight excluding hydrogens is 300 g/mol. The first kappa shape index (κ1) is 13.2. The van der Waals surface area contributed by atoms with Crippen LogP contribution >= 0.6 is 31.9 Å². The molecule has 0 aliphatic heterocycles. The fraction of sp³-hybridized carbons (Fsp3) is 0.667. The average molecular weight is 314 g/mol. The highest BCUT2D eigenvalue weighted by atomic mass is 79.9. The molecule has 13 heavy (non-hydrogen) atoms. The van der Waals surface area contributed by atoms with Crippen LogP contribution < -0.4 is 0 Å². The standard InChI is InChI=1S/C9H14Br2O2/c10-8(11)6-4-2-1-3-5-7-9(12)13/h6H,1-5,7H2,(H,12,13). The van der Waals surface area contributed by atoms with E-state index in [4.69, 9.17) is 5.11 Å². The SMILES string of the molecule is O=C(O)CCCCCCC=C(Br)Br. The van der Waals surface area contributed by atoms with Gasteiger partial charge in [0.05, 0.1) is 3.39 Å². The van der Waals surface area contributed by atoms with Gasteiger partial charge in [0.15, 0.2) is 0 Å². The van der Waals surface area contributed by atoms with Gasteiger partial charge in [-0.05, 0) is 51.1 Å². The molecule has 76 valence electrons. The van der Waals surface area contributed by atoms with Gasteiger partial charge in [-0.1, -0.05) is 18.9 Å². The Morgan fingerprint density at radius 2 is 1.77 bits per heavy atom. The summed E-state index contributed by atoms with van der Waals surface area (Å²) < 4.78 is 0.991. The van der Waals surface area contributed by atoms with Gasteiger partial charge in [-0.15, -0.1) is 0 Å². The summed E-state index contributed by atoms with van der Waals surface area (Å²) in [5.74, 6) is -0.692. The fourth-order valence-corrected chi connectivity index (χ4v) is 1.44. The largest absolute Gasteiger partial charge is 0.481 e. The van der Waals surface area contributed by atoms with E-state index in [-0.39, 0.29) is 0 Å². The van der Waals surface area contributed by atoms with Crippen LogP contribution in [0, 0.1) is 0 Å². The van der Waals surface area contributed by atoms with E-state index in [9.17, 15) is 4.79 Å². The second-order valence-corrected chi connectivity index (χ2v) is 5.61. The van der Waals surface area contributed by atoms with Crippen LogP contribution in [0.15, 0.2) is 9.47 Å². The summed E-state index contributed by atoms with van der Waals surface area (Å²) in [6.45, 7) is 0. The van der Waals surface area contributed by atoms with Crippen molar-refractivity contribution in [3.63, 3.8) is 0 Å². The van der Waals surface area contributed by atoms with Crippen LogP contribution in [-0.4, -0.2) is 11.1 Å². The highest BCUT2D eigenvalue weighted by Crippen LogP contribution is 2.15. The minimum atomic E-state index is -0.692. The molecule has 0 aromatic carbocycles. The van der Waals surface area contributed by atoms with Gasteiger partial charge in [-0.25, -0.2) is 0 Å². The third kappa shape index (κ3) is 12.2. The van der Waals surface area contributed by atoms with Crippen LogP contribution in [0.4, 0.5) is 0 Å². The maximum absolute atomic E-state index is 10.2. The molecule has 0 aliphatic rings. The zero-order valence-electron chi connectivity index (χ0n) is 7.43. The number of rotatable bonds is 7. The molecule has 4 heteroatoms. The van der Waals surface area contributed by atoms with Gasteiger partial charge in [0, 0.05) is 6.42 Å². The van der Waals surface area contributed by atoms with E-state index in [1.807, 2.05) is 0 Å². The van der Waals surface area contributed by atoms with E-state index in [0.717, 1.165) is 35.5 Å². The van der Waals surface area contributed by atoms with Crippen molar-refractivity contribution in [2.45, 2.75) is 38.5 Å². The van der Waals surface area contributed by atoms with Crippen LogP contribution in [0.1, 0.15) is 38.5 Å². The number of aliphatic carboxylic acids is 1. The highest BCUT2D eigenvalue weighted by Gasteiger charge is 1.95. The first-order valence-electron chi connectivity index (χ1n) is 4.36. The zero-order chi connectivity index (χ0) is 10.1. The van der Waals surface area contributed by atoms with Gasteiger partial charge in [0.25, 0.3) is 0 Å². The number of halogens is 2. The molecule has 0 atom stereocenters. The molecule has 0 radical (unpaired) electrons. The Kier molecular flexibility index (Phi) is 8.87. The molecule has 2 nitrogen and oxygen atoms in total. The number of hydrogen-bond acceptors (Lipinski definition) is 1. The smallest absolute Gasteiger partial charge is 0.303 e. The quantitative estimate of drug-likeness (QED) is 0.720. The molecule has 0 amide bonds. The lowest BCUT2D eigenvalue weighted by Crippen LogP contribution is -1.93. The Labute approximate surface area is 95.7 Å². The van der Waals surface area contributed by atoms with E-state index in [1.54, 1.807) is 0 Å². The Morgan fingerprint density at radius 1 is 1.15 bits per heavy atom. The Bertz CT molecular complexity index is 174. The molecule has 1 N–H and O–H groups in total. The van der Waals surface area contributed by atoms with E-state index >= 15 is 0 Å². The molecule has 0 spiro atoms. The van der Waals surface area contributed by atoms with Gasteiger partial charge < -0.3 is 5.11 Å². The normalized spacial score (nSPS) is 9.69. The Balaban J connectivity index is 3.09. The summed E-state index contributed by atoms with van der Waals surface area (Å²) in [5.41, 5.74) is 0. The molecule has 0 bridgehead atoms. The average Bonchev–Trinajstić information content (AvgIpc) is 2.01. The minimum absolute atomic E-state index is 0.304. The van der Waals surface area contributed by atoms with Crippen molar-refractivity contribution in [1.82, 2.24) is 0 Å². The number of unbranched alkanes of at least 4 members (excludes halogenated alkanes) is 4. The lowest BCUT2D eigenvalue weighted by molar-refractivity contribution is -0.137. The van der Waals surface area contributed by atoms with Crippen molar-refractivity contribution < 1.29 is 9.90 Å². The molecule has 0 fully saturated rings. The van der Waals surface area contributed by atoms with Crippen molar-refractivity contribution in [3.05, 3.63) is 9.47 Å². The number of carboxylic acids is 1. The number of hydrogen-bond donors (Lipinski definition) is 1. The van der Waals surface area contributed by atoms with Crippen LogP contribution in [0.5, 0.6) is 0 Å². The number of allylic oxidation sites excluding steroid dienone is 1. The van der Waals surface area contributed by atoms with Gasteiger partial charge in [0.2, 0.25) is 0 Å². The van der Waals surface area contributed by atoms with E-state index in [2.05, 4.69) is 37.9 Å². The lowest BCUT2D eigenvalue weighted by atomic mass is 10.1. The molecule has 0 heterocycles. The minimum Gasteiger partial charge on any atom is -0.481 e. The van der Waals surface area contributed by atoms with Crippen molar-refractivity contribution in [3.8, 4) is 0 Å².